The van der Waals surface area contributed by atoms with Gasteiger partial charge in [-0.3, -0.25) is 9.55 Å². The van der Waals surface area contributed by atoms with Crippen molar-refractivity contribution >= 4 is 28.5 Å². The number of nitrogen functional groups attached to an aromatic ring is 1. The van der Waals surface area contributed by atoms with Crippen LogP contribution in [0.4, 0.5) is 5.95 Å². The zero-order valence-corrected chi connectivity index (χ0v) is 12.3. The Morgan fingerprint density at radius 3 is 2.95 bits per heavy atom. The highest BCUT2D eigenvalue weighted by molar-refractivity contribution is 7.98. The second-order valence-corrected chi connectivity index (χ2v) is 6.23. The van der Waals surface area contributed by atoms with Gasteiger partial charge in [0.15, 0.2) is 5.16 Å². The van der Waals surface area contributed by atoms with Gasteiger partial charge in [0.2, 0.25) is 5.95 Å². The molecule has 5 nitrogen and oxygen atoms in total. The van der Waals surface area contributed by atoms with Gasteiger partial charge in [0.25, 0.3) is 0 Å². The number of nitrogens with two attached hydrogens (primary N) is 1. The van der Waals surface area contributed by atoms with Crippen LogP contribution in [0.3, 0.4) is 0 Å². The third-order valence-electron chi connectivity index (χ3n) is 3.68. The van der Waals surface area contributed by atoms with Crippen LogP contribution < -0.4 is 5.73 Å². The van der Waals surface area contributed by atoms with Crippen molar-refractivity contribution in [2.75, 3.05) is 5.73 Å². The molecule has 2 N–H and O–H groups in total. The highest BCUT2D eigenvalue weighted by atomic mass is 32.2. The van der Waals surface area contributed by atoms with Crippen LogP contribution in [0.15, 0.2) is 41.8 Å². The largest absolute Gasteiger partial charge is 0.368 e. The molecule has 0 unspecified atom stereocenters. The van der Waals surface area contributed by atoms with E-state index in [2.05, 4.69) is 37.9 Å². The van der Waals surface area contributed by atoms with Gasteiger partial charge in [-0.1, -0.05) is 30.0 Å². The first-order valence-electron chi connectivity index (χ1n) is 6.97. The van der Waals surface area contributed by atoms with Gasteiger partial charge in [0.05, 0.1) is 0 Å². The molecule has 1 saturated carbocycles. The fourth-order valence-corrected chi connectivity index (χ4v) is 3.39. The fraction of sp³-hybridized carbons (Fsp3) is 0.267. The Kier molecular flexibility index (Phi) is 3.03. The zero-order chi connectivity index (χ0) is 14.2. The van der Waals surface area contributed by atoms with E-state index in [0.29, 0.717) is 12.0 Å². The number of aromatic nitrogens is 4. The molecule has 1 aliphatic carbocycles. The quantitative estimate of drug-likeness (QED) is 0.750. The Bertz CT molecular complexity index is 794. The Morgan fingerprint density at radius 1 is 1.19 bits per heavy atom. The molecule has 0 amide bonds. The Labute approximate surface area is 126 Å². The molecule has 4 rings (SSSR count). The van der Waals surface area contributed by atoms with Crippen molar-refractivity contribution in [2.24, 2.45) is 0 Å². The van der Waals surface area contributed by atoms with Crippen LogP contribution in [0, 0.1) is 0 Å². The third-order valence-corrected chi connectivity index (χ3v) is 4.69. The van der Waals surface area contributed by atoms with Gasteiger partial charge in [-0.15, -0.1) is 10.2 Å². The second-order valence-electron chi connectivity index (χ2n) is 5.29. The molecular formula is C15H15N5S. The summed E-state index contributed by atoms with van der Waals surface area (Å²) in [7, 11) is 0. The number of pyridine rings is 1. The van der Waals surface area contributed by atoms with Crippen molar-refractivity contribution in [1.29, 1.82) is 0 Å². The lowest BCUT2D eigenvalue weighted by molar-refractivity contribution is 0.671. The highest BCUT2D eigenvalue weighted by Gasteiger charge is 2.28. The minimum Gasteiger partial charge on any atom is -0.368 e. The first-order chi connectivity index (χ1) is 10.3. The van der Waals surface area contributed by atoms with Crippen LogP contribution in [0.1, 0.15) is 24.4 Å². The lowest BCUT2D eigenvalue weighted by Gasteiger charge is -2.06. The molecule has 0 radical (unpaired) electrons. The summed E-state index contributed by atoms with van der Waals surface area (Å²) >= 11 is 1.69. The first kappa shape index (κ1) is 12.6. The summed E-state index contributed by atoms with van der Waals surface area (Å²) in [5, 5.41) is 11.5. The molecule has 106 valence electrons. The van der Waals surface area contributed by atoms with Crippen LogP contribution in [0.2, 0.25) is 0 Å². The molecule has 6 heteroatoms. The number of thioether (sulfide) groups is 1. The van der Waals surface area contributed by atoms with Crippen molar-refractivity contribution in [3.8, 4) is 0 Å². The minimum absolute atomic E-state index is 0.505. The predicted octanol–water partition coefficient (Wildman–Crippen LogP) is 3.04. The normalized spacial score (nSPS) is 14.7. The topological polar surface area (TPSA) is 69.6 Å². The van der Waals surface area contributed by atoms with Gasteiger partial charge in [0, 0.05) is 29.6 Å². The maximum absolute atomic E-state index is 5.89. The third kappa shape index (κ3) is 2.47. The van der Waals surface area contributed by atoms with E-state index in [4.69, 9.17) is 5.73 Å². The maximum Gasteiger partial charge on any atom is 0.222 e. The van der Waals surface area contributed by atoms with Crippen molar-refractivity contribution in [3.05, 3.63) is 42.2 Å². The average molecular weight is 297 g/mol. The number of rotatable bonds is 4. The predicted molar refractivity (Wildman–Crippen MR) is 84.0 cm³/mol. The van der Waals surface area contributed by atoms with Crippen LogP contribution in [-0.2, 0) is 5.75 Å². The molecule has 2 aromatic heterocycles. The van der Waals surface area contributed by atoms with E-state index in [0.717, 1.165) is 16.3 Å². The Hall–Kier alpha value is -2.08. The molecule has 0 atom stereocenters. The number of hydrogen-bond donors (Lipinski definition) is 1. The summed E-state index contributed by atoms with van der Waals surface area (Å²) < 4.78 is 2.07. The lowest BCUT2D eigenvalue weighted by Crippen LogP contribution is -2.02. The van der Waals surface area contributed by atoms with Crippen LogP contribution in [-0.4, -0.2) is 19.7 Å². The molecule has 2 heterocycles. The van der Waals surface area contributed by atoms with Crippen molar-refractivity contribution < 1.29 is 0 Å². The lowest BCUT2D eigenvalue weighted by atomic mass is 10.1. The van der Waals surface area contributed by atoms with E-state index in [1.54, 1.807) is 11.8 Å². The molecule has 0 bridgehead atoms. The van der Waals surface area contributed by atoms with E-state index in [9.17, 15) is 0 Å². The molecule has 0 aliphatic heterocycles. The standard InChI is InChI=1S/C15H15N5S/c16-14-18-19-15(20(14)13-3-4-13)21-9-10-1-2-12-8-17-6-5-11(12)7-10/h1-2,5-8,13H,3-4,9H2,(H2,16,18). The van der Waals surface area contributed by atoms with E-state index in [1.165, 1.54) is 23.8 Å². The van der Waals surface area contributed by atoms with E-state index >= 15 is 0 Å². The van der Waals surface area contributed by atoms with Crippen molar-refractivity contribution in [1.82, 2.24) is 19.7 Å². The monoisotopic (exact) mass is 297 g/mol. The number of hydrogen-bond acceptors (Lipinski definition) is 5. The van der Waals surface area contributed by atoms with Gasteiger partial charge in [0.1, 0.15) is 0 Å². The average Bonchev–Trinajstić information content (AvgIpc) is 3.28. The van der Waals surface area contributed by atoms with Crippen molar-refractivity contribution in [2.45, 2.75) is 29.8 Å². The Morgan fingerprint density at radius 2 is 2.10 bits per heavy atom. The summed E-state index contributed by atoms with van der Waals surface area (Å²) in [6.07, 6.45) is 6.07. The summed E-state index contributed by atoms with van der Waals surface area (Å²) in [5.74, 6) is 1.40. The number of benzene rings is 1. The molecule has 3 aromatic rings. The Balaban J connectivity index is 1.55. The smallest absolute Gasteiger partial charge is 0.222 e. The van der Waals surface area contributed by atoms with Crippen LogP contribution in [0.25, 0.3) is 10.8 Å². The molecule has 0 saturated heterocycles. The summed E-state index contributed by atoms with van der Waals surface area (Å²) in [4.78, 5) is 4.14. The van der Waals surface area contributed by atoms with Crippen LogP contribution in [0.5, 0.6) is 0 Å². The summed E-state index contributed by atoms with van der Waals surface area (Å²) in [6, 6.07) is 8.99. The van der Waals surface area contributed by atoms with E-state index in [-0.39, 0.29) is 0 Å². The van der Waals surface area contributed by atoms with Crippen molar-refractivity contribution in [3.63, 3.8) is 0 Å². The summed E-state index contributed by atoms with van der Waals surface area (Å²) in [5.41, 5.74) is 7.16. The summed E-state index contributed by atoms with van der Waals surface area (Å²) in [6.45, 7) is 0. The molecule has 1 fully saturated rings. The number of anilines is 1. The number of fused-ring (bicyclic) bond motifs is 1. The SMILES string of the molecule is Nc1nnc(SCc2ccc3cnccc3c2)n1C1CC1. The molecule has 1 aliphatic rings. The van der Waals surface area contributed by atoms with Gasteiger partial charge in [-0.25, -0.2) is 0 Å². The highest BCUT2D eigenvalue weighted by Crippen LogP contribution is 2.39. The van der Waals surface area contributed by atoms with Gasteiger partial charge >= 0.3 is 0 Å². The maximum atomic E-state index is 5.89. The molecule has 0 spiro atoms. The van der Waals surface area contributed by atoms with Crippen LogP contribution >= 0.6 is 11.8 Å². The number of nitrogens with zero attached hydrogens (tertiary/aromatic N) is 4. The van der Waals surface area contributed by atoms with E-state index in [1.807, 2.05) is 18.5 Å². The fourth-order valence-electron chi connectivity index (χ4n) is 2.43. The second kappa shape index (κ2) is 5.04. The van der Waals surface area contributed by atoms with E-state index < -0.39 is 0 Å². The molecular weight excluding hydrogens is 282 g/mol. The molecule has 1 aromatic carbocycles. The molecule has 21 heavy (non-hydrogen) atoms. The van der Waals surface area contributed by atoms with Gasteiger partial charge in [-0.2, -0.15) is 0 Å². The first-order valence-corrected chi connectivity index (χ1v) is 7.95. The zero-order valence-electron chi connectivity index (χ0n) is 11.4. The minimum atomic E-state index is 0.505. The van der Waals surface area contributed by atoms with Gasteiger partial charge in [-0.05, 0) is 29.9 Å². The van der Waals surface area contributed by atoms with Gasteiger partial charge < -0.3 is 5.73 Å².